The van der Waals surface area contributed by atoms with E-state index in [4.69, 9.17) is 4.74 Å². The van der Waals surface area contributed by atoms with Crippen molar-refractivity contribution in [2.24, 2.45) is 0 Å². The van der Waals surface area contributed by atoms with Crippen LogP contribution in [0.2, 0.25) is 0 Å². The SMILES string of the molecule is CCOC(=O)c1ccc(Nc2ncnc(Nc3nc4ccccc4s3)c2[N+](=O)[O-])cc1. The number of hydrogen-bond donors (Lipinski definition) is 2. The van der Waals surface area contributed by atoms with E-state index in [0.717, 1.165) is 10.2 Å². The molecule has 11 heteroatoms. The quantitative estimate of drug-likeness (QED) is 0.241. The number of carbonyl (C=O) groups is 1. The van der Waals surface area contributed by atoms with Crippen molar-refractivity contribution in [2.45, 2.75) is 6.92 Å². The van der Waals surface area contributed by atoms with Crippen LogP contribution in [-0.2, 0) is 4.74 Å². The number of nitro groups is 1. The van der Waals surface area contributed by atoms with E-state index in [0.29, 0.717) is 16.4 Å². The fourth-order valence-corrected chi connectivity index (χ4v) is 3.67. The zero-order valence-electron chi connectivity index (χ0n) is 16.2. The smallest absolute Gasteiger partial charge is 0.353 e. The second kappa shape index (κ2) is 8.71. The Hall–Kier alpha value is -4.12. The summed E-state index contributed by atoms with van der Waals surface area (Å²) in [5.41, 5.74) is 1.35. The Morgan fingerprint density at radius 3 is 2.48 bits per heavy atom. The summed E-state index contributed by atoms with van der Waals surface area (Å²) >= 11 is 1.36. The first-order valence-corrected chi connectivity index (χ1v) is 10.0. The normalized spacial score (nSPS) is 10.6. The summed E-state index contributed by atoms with van der Waals surface area (Å²) in [6, 6.07) is 13.9. The number of nitrogens with zero attached hydrogens (tertiary/aromatic N) is 4. The summed E-state index contributed by atoms with van der Waals surface area (Å²) in [5, 5.41) is 18.1. The molecule has 2 aromatic heterocycles. The van der Waals surface area contributed by atoms with Gasteiger partial charge in [0, 0.05) is 5.69 Å². The fraction of sp³-hybridized carbons (Fsp3) is 0.100. The molecule has 0 aliphatic carbocycles. The maximum atomic E-state index is 11.8. The lowest BCUT2D eigenvalue weighted by molar-refractivity contribution is -0.383. The van der Waals surface area contributed by atoms with Crippen molar-refractivity contribution >= 4 is 55.7 Å². The molecule has 0 aliphatic heterocycles. The van der Waals surface area contributed by atoms with E-state index in [1.807, 2.05) is 24.3 Å². The highest BCUT2D eigenvalue weighted by molar-refractivity contribution is 7.22. The number of fused-ring (bicyclic) bond motifs is 1. The van der Waals surface area contributed by atoms with Crippen LogP contribution in [0.25, 0.3) is 10.2 Å². The first kappa shape index (κ1) is 20.2. The Bertz CT molecular complexity index is 1230. The number of carbonyl (C=O) groups excluding carboxylic acids is 1. The van der Waals surface area contributed by atoms with Crippen molar-refractivity contribution in [3.8, 4) is 0 Å². The Kier molecular flexibility index (Phi) is 5.67. The van der Waals surface area contributed by atoms with Gasteiger partial charge in [-0.15, -0.1) is 0 Å². The number of hydrogen-bond acceptors (Lipinski definition) is 10. The first-order chi connectivity index (χ1) is 15.0. The van der Waals surface area contributed by atoms with Gasteiger partial charge in [-0.1, -0.05) is 23.5 Å². The molecular weight excluding hydrogens is 420 g/mol. The van der Waals surface area contributed by atoms with Crippen LogP contribution in [0.15, 0.2) is 54.9 Å². The maximum Gasteiger partial charge on any atom is 0.353 e. The van der Waals surface area contributed by atoms with Crippen molar-refractivity contribution in [2.75, 3.05) is 17.2 Å². The molecule has 0 fully saturated rings. The molecule has 0 amide bonds. The van der Waals surface area contributed by atoms with Gasteiger partial charge in [-0.3, -0.25) is 10.1 Å². The van der Waals surface area contributed by atoms with Crippen molar-refractivity contribution in [3.05, 3.63) is 70.5 Å². The standard InChI is InChI=1S/C20H16N6O4S/c1-2-30-19(27)12-7-9-13(10-8-12)23-17-16(26(28)29)18(22-11-21-17)25-20-24-14-5-3-4-6-15(14)31-20/h3-11H,2H2,1H3,(H2,21,22,23,24,25). The number of benzene rings is 2. The van der Waals surface area contributed by atoms with E-state index in [2.05, 4.69) is 25.6 Å². The number of aromatic nitrogens is 3. The Morgan fingerprint density at radius 2 is 1.81 bits per heavy atom. The highest BCUT2D eigenvalue weighted by Gasteiger charge is 2.24. The van der Waals surface area contributed by atoms with E-state index in [1.54, 1.807) is 31.2 Å². The predicted molar refractivity (Wildman–Crippen MR) is 117 cm³/mol. The molecule has 0 aliphatic rings. The van der Waals surface area contributed by atoms with Crippen LogP contribution in [-0.4, -0.2) is 32.5 Å². The number of rotatable bonds is 7. The Balaban J connectivity index is 1.61. The molecule has 0 unspecified atom stereocenters. The van der Waals surface area contributed by atoms with Gasteiger partial charge < -0.3 is 15.4 Å². The minimum absolute atomic E-state index is 0.00694. The molecule has 10 nitrogen and oxygen atoms in total. The number of esters is 1. The second-order valence-electron chi connectivity index (χ2n) is 6.21. The fourth-order valence-electron chi connectivity index (χ4n) is 2.80. The third-order valence-corrected chi connectivity index (χ3v) is 5.13. The topological polar surface area (TPSA) is 132 Å². The van der Waals surface area contributed by atoms with Crippen molar-refractivity contribution < 1.29 is 14.5 Å². The van der Waals surface area contributed by atoms with Gasteiger partial charge in [-0.2, -0.15) is 0 Å². The lowest BCUT2D eigenvalue weighted by Gasteiger charge is -2.09. The summed E-state index contributed by atoms with van der Waals surface area (Å²) in [5.74, 6) is -0.415. The number of nitrogens with one attached hydrogen (secondary N) is 2. The van der Waals surface area contributed by atoms with Crippen LogP contribution >= 0.6 is 11.3 Å². The van der Waals surface area contributed by atoms with Gasteiger partial charge in [-0.25, -0.2) is 19.7 Å². The van der Waals surface area contributed by atoms with Gasteiger partial charge in [0.15, 0.2) is 5.13 Å². The molecule has 0 bridgehead atoms. The Morgan fingerprint density at radius 1 is 1.10 bits per heavy atom. The number of thiazole rings is 1. The van der Waals surface area contributed by atoms with E-state index in [-0.39, 0.29) is 23.9 Å². The second-order valence-corrected chi connectivity index (χ2v) is 7.24. The van der Waals surface area contributed by atoms with E-state index >= 15 is 0 Å². The molecule has 4 rings (SSSR count). The highest BCUT2D eigenvalue weighted by atomic mass is 32.1. The molecule has 2 aromatic carbocycles. The minimum atomic E-state index is -0.565. The third kappa shape index (κ3) is 4.41. The molecule has 0 saturated heterocycles. The average Bonchev–Trinajstić information content (AvgIpc) is 3.16. The summed E-state index contributed by atoms with van der Waals surface area (Å²) in [4.78, 5) is 35.5. The van der Waals surface area contributed by atoms with Gasteiger partial charge in [0.05, 0.1) is 27.3 Å². The molecule has 0 atom stereocenters. The lowest BCUT2D eigenvalue weighted by Crippen LogP contribution is -2.06. The maximum absolute atomic E-state index is 11.8. The molecule has 2 heterocycles. The summed E-state index contributed by atoms with van der Waals surface area (Å²) < 4.78 is 5.89. The van der Waals surface area contributed by atoms with E-state index in [1.165, 1.54) is 17.7 Å². The van der Waals surface area contributed by atoms with Gasteiger partial charge >= 0.3 is 11.7 Å². The van der Waals surface area contributed by atoms with Crippen molar-refractivity contribution in [1.29, 1.82) is 0 Å². The van der Waals surface area contributed by atoms with Crippen LogP contribution in [0.5, 0.6) is 0 Å². The minimum Gasteiger partial charge on any atom is -0.462 e. The highest BCUT2D eigenvalue weighted by Crippen LogP contribution is 2.35. The van der Waals surface area contributed by atoms with Crippen LogP contribution in [0.4, 0.5) is 28.1 Å². The van der Waals surface area contributed by atoms with Crippen molar-refractivity contribution in [3.63, 3.8) is 0 Å². The summed E-state index contributed by atoms with van der Waals surface area (Å²) in [6.07, 6.45) is 1.22. The zero-order chi connectivity index (χ0) is 21.8. The van der Waals surface area contributed by atoms with E-state index < -0.39 is 10.9 Å². The van der Waals surface area contributed by atoms with Gasteiger partial charge in [0.2, 0.25) is 11.6 Å². The van der Waals surface area contributed by atoms with Crippen LogP contribution in [0, 0.1) is 10.1 Å². The number of ether oxygens (including phenoxy) is 1. The van der Waals surface area contributed by atoms with Gasteiger partial charge in [0.25, 0.3) is 0 Å². The van der Waals surface area contributed by atoms with Crippen LogP contribution in [0.1, 0.15) is 17.3 Å². The zero-order valence-corrected chi connectivity index (χ0v) is 17.0. The lowest BCUT2D eigenvalue weighted by atomic mass is 10.2. The molecule has 0 spiro atoms. The number of para-hydroxylation sites is 1. The average molecular weight is 436 g/mol. The molecular formula is C20H16N6O4S. The molecule has 0 saturated carbocycles. The first-order valence-electron chi connectivity index (χ1n) is 9.21. The largest absolute Gasteiger partial charge is 0.462 e. The summed E-state index contributed by atoms with van der Waals surface area (Å²) in [6.45, 7) is 2.00. The van der Waals surface area contributed by atoms with Gasteiger partial charge in [0.1, 0.15) is 6.33 Å². The predicted octanol–water partition coefficient (Wildman–Crippen LogP) is 4.66. The molecule has 0 radical (unpaired) electrons. The molecule has 4 aromatic rings. The number of anilines is 4. The van der Waals surface area contributed by atoms with Crippen molar-refractivity contribution in [1.82, 2.24) is 15.0 Å². The molecule has 156 valence electrons. The summed E-state index contributed by atoms with van der Waals surface area (Å²) in [7, 11) is 0. The van der Waals surface area contributed by atoms with E-state index in [9.17, 15) is 14.9 Å². The van der Waals surface area contributed by atoms with Gasteiger partial charge in [-0.05, 0) is 43.3 Å². The molecule has 31 heavy (non-hydrogen) atoms. The Labute approximate surface area is 180 Å². The van der Waals surface area contributed by atoms with Crippen LogP contribution in [0.3, 0.4) is 0 Å². The van der Waals surface area contributed by atoms with Crippen LogP contribution < -0.4 is 10.6 Å². The third-order valence-electron chi connectivity index (χ3n) is 4.18. The monoisotopic (exact) mass is 436 g/mol. The molecule has 2 N–H and O–H groups in total.